The zero-order valence-electron chi connectivity index (χ0n) is 18.4. The molecular weight excluding hydrogens is 438 g/mol. The Morgan fingerprint density at radius 2 is 1.76 bits per heavy atom. The molecule has 2 aromatic carbocycles. The van der Waals surface area contributed by atoms with Gasteiger partial charge in [-0.05, 0) is 68.8 Å². The third kappa shape index (κ3) is 5.64. The molecule has 2 heterocycles. The Kier molecular flexibility index (Phi) is 6.51. The van der Waals surface area contributed by atoms with Crippen LogP contribution in [0.2, 0.25) is 5.02 Å². The number of hydrogen-bond acceptors (Lipinski definition) is 5. The molecule has 0 fully saturated rings. The van der Waals surface area contributed by atoms with Gasteiger partial charge in [0.05, 0.1) is 5.69 Å². The Labute approximate surface area is 196 Å². The van der Waals surface area contributed by atoms with Gasteiger partial charge in [-0.1, -0.05) is 23.7 Å². The minimum absolute atomic E-state index is 0.235. The Bertz CT molecular complexity index is 1310. The van der Waals surface area contributed by atoms with E-state index in [0.29, 0.717) is 34.0 Å². The molecule has 0 aliphatic heterocycles. The van der Waals surface area contributed by atoms with Gasteiger partial charge >= 0.3 is 0 Å². The normalized spacial score (nSPS) is 11.0. The number of rotatable bonds is 6. The molecular formula is C25H22ClN5O2. The summed E-state index contributed by atoms with van der Waals surface area (Å²) in [6, 6.07) is 16.1. The van der Waals surface area contributed by atoms with E-state index in [9.17, 15) is 4.79 Å². The maximum Gasteiger partial charge on any atom is 0.248 e. The van der Waals surface area contributed by atoms with E-state index >= 15 is 0 Å². The van der Waals surface area contributed by atoms with Crippen LogP contribution in [0.4, 0.5) is 5.69 Å². The highest BCUT2D eigenvalue weighted by Gasteiger charge is 2.10. The highest BCUT2D eigenvalue weighted by molar-refractivity contribution is 6.30. The fraction of sp³-hybridized carbons (Fsp3) is 0.120. The van der Waals surface area contributed by atoms with E-state index in [0.717, 1.165) is 17.0 Å². The molecule has 0 aliphatic rings. The largest absolute Gasteiger partial charge is 0.439 e. The summed E-state index contributed by atoms with van der Waals surface area (Å²) < 4.78 is 7.82. The number of aromatic nitrogens is 4. The number of ether oxygens (including phenoxy) is 1. The topological polar surface area (TPSA) is 81.9 Å². The molecule has 4 aromatic rings. The Balaban J connectivity index is 1.42. The number of anilines is 1. The Hall–Kier alpha value is -3.97. The number of carbonyl (C=O) groups excluding carboxylic acids is 1. The van der Waals surface area contributed by atoms with Crippen LogP contribution in [-0.2, 0) is 4.79 Å². The number of carbonyl (C=O) groups is 1. The summed E-state index contributed by atoms with van der Waals surface area (Å²) in [5.41, 5.74) is 3.48. The Morgan fingerprint density at radius 3 is 2.42 bits per heavy atom. The molecule has 2 aromatic heterocycles. The fourth-order valence-corrected chi connectivity index (χ4v) is 3.21. The highest BCUT2D eigenvalue weighted by atomic mass is 35.5. The number of halogens is 1. The molecule has 7 nitrogen and oxygen atoms in total. The van der Waals surface area contributed by atoms with Crippen molar-refractivity contribution >= 4 is 29.3 Å². The first-order chi connectivity index (χ1) is 15.9. The van der Waals surface area contributed by atoms with Crippen LogP contribution in [0.1, 0.15) is 22.8 Å². The second-order valence-corrected chi connectivity index (χ2v) is 7.83. The lowest BCUT2D eigenvalue weighted by molar-refractivity contribution is -0.111. The van der Waals surface area contributed by atoms with E-state index in [2.05, 4.69) is 20.3 Å². The standard InChI is InChI=1S/C25H22ClN5O2/c1-16-17(2)31(15-27-16)23-14-25(29-18(3)28-23)33-22-11-9-21(10-12-22)30-24(32)13-6-19-4-7-20(26)8-5-19/h4-15H,1-3H3,(H,30,32)/b13-6+. The summed E-state index contributed by atoms with van der Waals surface area (Å²) in [6.45, 7) is 5.74. The summed E-state index contributed by atoms with van der Waals surface area (Å²) in [5.74, 6) is 2.05. The van der Waals surface area contributed by atoms with Gasteiger partial charge in [0.2, 0.25) is 11.8 Å². The van der Waals surface area contributed by atoms with Gasteiger partial charge in [0.15, 0.2) is 0 Å². The number of nitrogens with zero attached hydrogens (tertiary/aromatic N) is 4. The summed E-state index contributed by atoms with van der Waals surface area (Å²) in [5, 5.41) is 3.47. The van der Waals surface area contributed by atoms with Gasteiger partial charge in [0.1, 0.15) is 23.7 Å². The third-order valence-electron chi connectivity index (χ3n) is 4.94. The van der Waals surface area contributed by atoms with Crippen molar-refractivity contribution in [1.29, 1.82) is 0 Å². The predicted molar refractivity (Wildman–Crippen MR) is 129 cm³/mol. The fourth-order valence-electron chi connectivity index (χ4n) is 3.09. The van der Waals surface area contributed by atoms with Crippen LogP contribution in [0.25, 0.3) is 11.9 Å². The first-order valence-electron chi connectivity index (χ1n) is 10.3. The van der Waals surface area contributed by atoms with Crippen molar-refractivity contribution in [2.75, 3.05) is 5.32 Å². The molecule has 1 N–H and O–H groups in total. The van der Waals surface area contributed by atoms with Gasteiger partial charge < -0.3 is 10.1 Å². The first kappa shape index (κ1) is 22.2. The van der Waals surface area contributed by atoms with Crippen molar-refractivity contribution < 1.29 is 9.53 Å². The second kappa shape index (κ2) is 9.67. The number of hydrogen-bond donors (Lipinski definition) is 1. The summed E-state index contributed by atoms with van der Waals surface area (Å²) in [7, 11) is 0. The molecule has 0 radical (unpaired) electrons. The molecule has 8 heteroatoms. The van der Waals surface area contributed by atoms with Gasteiger partial charge in [-0.3, -0.25) is 9.36 Å². The third-order valence-corrected chi connectivity index (χ3v) is 5.19. The van der Waals surface area contributed by atoms with Crippen LogP contribution in [0, 0.1) is 20.8 Å². The highest BCUT2D eigenvalue weighted by Crippen LogP contribution is 2.24. The SMILES string of the molecule is Cc1nc(Oc2ccc(NC(=O)/C=C/c3ccc(Cl)cc3)cc2)cc(-n2cnc(C)c2C)n1. The van der Waals surface area contributed by atoms with Crippen molar-refractivity contribution in [2.45, 2.75) is 20.8 Å². The number of aryl methyl sites for hydroxylation is 2. The van der Waals surface area contributed by atoms with E-state index < -0.39 is 0 Å². The molecule has 0 bridgehead atoms. The van der Waals surface area contributed by atoms with Crippen LogP contribution in [0.15, 0.2) is 67.0 Å². The monoisotopic (exact) mass is 459 g/mol. The van der Waals surface area contributed by atoms with E-state index in [1.165, 1.54) is 6.08 Å². The Morgan fingerprint density at radius 1 is 1.03 bits per heavy atom. The van der Waals surface area contributed by atoms with Crippen molar-refractivity contribution in [3.8, 4) is 17.4 Å². The van der Waals surface area contributed by atoms with Crippen molar-refractivity contribution in [3.63, 3.8) is 0 Å². The van der Waals surface area contributed by atoms with Crippen molar-refractivity contribution in [3.05, 3.63) is 94.8 Å². The number of imidazole rings is 1. The second-order valence-electron chi connectivity index (χ2n) is 7.40. The molecule has 0 unspecified atom stereocenters. The molecule has 0 atom stereocenters. The average Bonchev–Trinajstić information content (AvgIpc) is 3.13. The zero-order chi connectivity index (χ0) is 23.4. The first-order valence-corrected chi connectivity index (χ1v) is 10.6. The van der Waals surface area contributed by atoms with Crippen LogP contribution in [0.5, 0.6) is 11.6 Å². The average molecular weight is 460 g/mol. The van der Waals surface area contributed by atoms with Gasteiger partial charge in [-0.25, -0.2) is 9.97 Å². The number of benzene rings is 2. The van der Waals surface area contributed by atoms with Crippen LogP contribution < -0.4 is 10.1 Å². The van der Waals surface area contributed by atoms with E-state index in [1.807, 2.05) is 37.5 Å². The molecule has 0 saturated heterocycles. The molecule has 1 amide bonds. The lowest BCUT2D eigenvalue weighted by atomic mass is 10.2. The van der Waals surface area contributed by atoms with E-state index in [1.54, 1.807) is 54.9 Å². The predicted octanol–water partition coefficient (Wildman–Crippen LogP) is 5.69. The van der Waals surface area contributed by atoms with Gasteiger partial charge in [-0.15, -0.1) is 0 Å². The minimum Gasteiger partial charge on any atom is -0.439 e. The van der Waals surface area contributed by atoms with Gasteiger partial charge in [-0.2, -0.15) is 4.98 Å². The van der Waals surface area contributed by atoms with Crippen molar-refractivity contribution in [1.82, 2.24) is 19.5 Å². The molecule has 4 rings (SSSR count). The quantitative estimate of drug-likeness (QED) is 0.375. The smallest absolute Gasteiger partial charge is 0.248 e. The molecule has 166 valence electrons. The lowest BCUT2D eigenvalue weighted by Gasteiger charge is -2.10. The maximum absolute atomic E-state index is 12.2. The van der Waals surface area contributed by atoms with Crippen LogP contribution in [0.3, 0.4) is 0 Å². The molecule has 0 aliphatic carbocycles. The molecule has 33 heavy (non-hydrogen) atoms. The maximum atomic E-state index is 12.2. The van der Waals surface area contributed by atoms with Crippen LogP contribution >= 0.6 is 11.6 Å². The van der Waals surface area contributed by atoms with Gasteiger partial charge in [0.25, 0.3) is 0 Å². The minimum atomic E-state index is -0.235. The van der Waals surface area contributed by atoms with Crippen molar-refractivity contribution in [2.24, 2.45) is 0 Å². The summed E-state index contributed by atoms with van der Waals surface area (Å²) in [4.78, 5) is 25.4. The number of nitrogens with one attached hydrogen (secondary N) is 1. The van der Waals surface area contributed by atoms with Gasteiger partial charge in [0, 0.05) is 28.5 Å². The summed E-state index contributed by atoms with van der Waals surface area (Å²) in [6.07, 6.45) is 4.93. The van der Waals surface area contributed by atoms with E-state index in [-0.39, 0.29) is 5.91 Å². The van der Waals surface area contributed by atoms with Crippen LogP contribution in [-0.4, -0.2) is 25.4 Å². The number of amides is 1. The zero-order valence-corrected chi connectivity index (χ0v) is 19.2. The lowest BCUT2D eigenvalue weighted by Crippen LogP contribution is -2.07. The molecule has 0 saturated carbocycles. The van der Waals surface area contributed by atoms with E-state index in [4.69, 9.17) is 16.3 Å². The molecule has 0 spiro atoms. The summed E-state index contributed by atoms with van der Waals surface area (Å²) >= 11 is 5.87.